The number of carbonyl (C=O) groups excluding carboxylic acids is 1. The van der Waals surface area contributed by atoms with Crippen molar-refractivity contribution in [3.05, 3.63) is 23.9 Å². The van der Waals surface area contributed by atoms with Crippen molar-refractivity contribution in [3.8, 4) is 5.88 Å². The predicted molar refractivity (Wildman–Crippen MR) is 47.8 cm³/mol. The van der Waals surface area contributed by atoms with Crippen LogP contribution in [-0.2, 0) is 9.53 Å². The van der Waals surface area contributed by atoms with Gasteiger partial charge >= 0.3 is 5.97 Å². The topological polar surface area (TPSA) is 68.7 Å². The van der Waals surface area contributed by atoms with E-state index in [1.165, 1.54) is 20.3 Å². The molecule has 1 N–H and O–H groups in total. The minimum atomic E-state index is -1.37. The molecule has 0 radical (unpaired) electrons. The van der Waals surface area contributed by atoms with Gasteiger partial charge in [-0.25, -0.2) is 9.78 Å². The smallest absolute Gasteiger partial charge is 0.341 e. The zero-order valence-electron chi connectivity index (χ0n) is 7.93. The molecule has 0 bridgehead atoms. The maximum atomic E-state index is 11.0. The lowest BCUT2D eigenvalue weighted by atomic mass is 10.2. The van der Waals surface area contributed by atoms with E-state index in [1.54, 1.807) is 12.1 Å². The molecule has 0 saturated carbocycles. The summed E-state index contributed by atoms with van der Waals surface area (Å²) in [5.74, 6) is -0.406. The fourth-order valence-electron chi connectivity index (χ4n) is 0.929. The van der Waals surface area contributed by atoms with Gasteiger partial charge in [0.2, 0.25) is 5.88 Å². The predicted octanol–water partition coefficient (Wildman–Crippen LogP) is 0.297. The van der Waals surface area contributed by atoms with E-state index in [9.17, 15) is 9.90 Å². The third-order valence-electron chi connectivity index (χ3n) is 1.66. The fraction of sp³-hybridized carbons (Fsp3) is 0.333. The van der Waals surface area contributed by atoms with Gasteiger partial charge in [0.1, 0.15) is 0 Å². The quantitative estimate of drug-likeness (QED) is 0.705. The lowest BCUT2D eigenvalue weighted by molar-refractivity contribution is -0.150. The van der Waals surface area contributed by atoms with Crippen molar-refractivity contribution in [1.29, 1.82) is 0 Å². The van der Waals surface area contributed by atoms with E-state index in [0.717, 1.165) is 0 Å². The molecule has 1 aromatic heterocycles. The highest BCUT2D eigenvalue weighted by atomic mass is 16.5. The Balaban J connectivity index is 2.89. The molecular formula is C9H11NO4. The minimum absolute atomic E-state index is 0.205. The van der Waals surface area contributed by atoms with Crippen molar-refractivity contribution in [2.75, 3.05) is 14.2 Å². The second-order valence-electron chi connectivity index (χ2n) is 2.53. The van der Waals surface area contributed by atoms with Gasteiger partial charge in [-0.1, -0.05) is 6.07 Å². The van der Waals surface area contributed by atoms with Crippen LogP contribution in [0.4, 0.5) is 0 Å². The van der Waals surface area contributed by atoms with Crippen LogP contribution in [0.5, 0.6) is 5.88 Å². The number of rotatable bonds is 3. The molecule has 76 valence electrons. The Hall–Kier alpha value is -1.62. The number of carbonyl (C=O) groups is 1. The van der Waals surface area contributed by atoms with E-state index in [4.69, 9.17) is 4.74 Å². The van der Waals surface area contributed by atoms with Gasteiger partial charge in [0.15, 0.2) is 6.10 Å². The van der Waals surface area contributed by atoms with Crippen LogP contribution in [0, 0.1) is 0 Å². The third kappa shape index (κ3) is 2.20. The summed E-state index contributed by atoms with van der Waals surface area (Å²) in [4.78, 5) is 14.8. The average Bonchev–Trinajstić information content (AvgIpc) is 2.27. The summed E-state index contributed by atoms with van der Waals surface area (Å²) >= 11 is 0. The fourth-order valence-corrected chi connectivity index (χ4v) is 0.929. The summed E-state index contributed by atoms with van der Waals surface area (Å²) in [5, 5.41) is 9.42. The zero-order valence-corrected chi connectivity index (χ0v) is 7.93. The second-order valence-corrected chi connectivity index (χ2v) is 2.53. The molecule has 14 heavy (non-hydrogen) atoms. The molecular weight excluding hydrogens is 186 g/mol. The standard InChI is InChI=1S/C9H11NO4/c1-13-7-5-3-4-6(10-7)8(11)9(12)14-2/h3-5,8,11H,1-2H3. The number of ether oxygens (including phenoxy) is 2. The first-order valence-corrected chi connectivity index (χ1v) is 3.96. The molecule has 1 unspecified atom stereocenters. The Morgan fingerprint density at radius 1 is 1.50 bits per heavy atom. The summed E-state index contributed by atoms with van der Waals surface area (Å²) in [6.45, 7) is 0. The molecule has 5 nitrogen and oxygen atoms in total. The highest BCUT2D eigenvalue weighted by Gasteiger charge is 2.19. The van der Waals surface area contributed by atoms with Gasteiger partial charge in [-0.3, -0.25) is 0 Å². The number of esters is 1. The van der Waals surface area contributed by atoms with Crippen molar-refractivity contribution >= 4 is 5.97 Å². The van der Waals surface area contributed by atoms with Crippen LogP contribution in [0.1, 0.15) is 11.8 Å². The van der Waals surface area contributed by atoms with E-state index in [0.29, 0.717) is 5.88 Å². The first kappa shape index (κ1) is 10.5. The van der Waals surface area contributed by atoms with Crippen LogP contribution < -0.4 is 4.74 Å². The van der Waals surface area contributed by atoms with Gasteiger partial charge in [0, 0.05) is 6.07 Å². The van der Waals surface area contributed by atoms with Gasteiger partial charge in [-0.15, -0.1) is 0 Å². The van der Waals surface area contributed by atoms with Crippen LogP contribution in [0.25, 0.3) is 0 Å². The maximum Gasteiger partial charge on any atom is 0.341 e. The van der Waals surface area contributed by atoms with Crippen LogP contribution in [0.3, 0.4) is 0 Å². The van der Waals surface area contributed by atoms with Gasteiger partial charge in [-0.2, -0.15) is 0 Å². The Bertz CT molecular complexity index is 326. The van der Waals surface area contributed by atoms with E-state index >= 15 is 0 Å². The Labute approximate surface area is 81.3 Å². The van der Waals surface area contributed by atoms with E-state index in [1.807, 2.05) is 0 Å². The van der Waals surface area contributed by atoms with Crippen LogP contribution in [0.2, 0.25) is 0 Å². The van der Waals surface area contributed by atoms with E-state index in [-0.39, 0.29) is 5.69 Å². The van der Waals surface area contributed by atoms with Crippen molar-refractivity contribution in [2.45, 2.75) is 6.10 Å². The number of methoxy groups -OCH3 is 2. The molecule has 1 aromatic rings. The summed E-state index contributed by atoms with van der Waals surface area (Å²) in [6, 6.07) is 4.77. The van der Waals surface area contributed by atoms with Gasteiger partial charge in [0.25, 0.3) is 0 Å². The van der Waals surface area contributed by atoms with Gasteiger partial charge < -0.3 is 14.6 Å². The molecule has 0 aliphatic rings. The Morgan fingerprint density at radius 2 is 2.21 bits per heavy atom. The molecule has 5 heteroatoms. The number of aromatic nitrogens is 1. The maximum absolute atomic E-state index is 11.0. The minimum Gasteiger partial charge on any atom is -0.481 e. The lowest BCUT2D eigenvalue weighted by Gasteiger charge is -2.08. The molecule has 1 heterocycles. The number of hydrogen-bond acceptors (Lipinski definition) is 5. The zero-order chi connectivity index (χ0) is 10.6. The van der Waals surface area contributed by atoms with Gasteiger partial charge in [0.05, 0.1) is 19.9 Å². The highest BCUT2D eigenvalue weighted by molar-refractivity contribution is 5.75. The molecule has 0 fully saturated rings. The summed E-state index contributed by atoms with van der Waals surface area (Å²) < 4.78 is 9.21. The van der Waals surface area contributed by atoms with E-state index in [2.05, 4.69) is 9.72 Å². The second kappa shape index (κ2) is 4.57. The highest BCUT2D eigenvalue weighted by Crippen LogP contribution is 2.14. The lowest BCUT2D eigenvalue weighted by Crippen LogP contribution is -2.14. The van der Waals surface area contributed by atoms with Crippen LogP contribution in [-0.4, -0.2) is 30.3 Å². The summed E-state index contributed by atoms with van der Waals surface area (Å²) in [7, 11) is 2.66. The average molecular weight is 197 g/mol. The van der Waals surface area contributed by atoms with Crippen molar-refractivity contribution in [1.82, 2.24) is 4.98 Å². The number of nitrogens with zero attached hydrogens (tertiary/aromatic N) is 1. The van der Waals surface area contributed by atoms with Crippen LogP contribution >= 0.6 is 0 Å². The molecule has 0 aromatic carbocycles. The van der Waals surface area contributed by atoms with Crippen molar-refractivity contribution in [2.24, 2.45) is 0 Å². The van der Waals surface area contributed by atoms with Gasteiger partial charge in [-0.05, 0) is 6.07 Å². The van der Waals surface area contributed by atoms with Crippen LogP contribution in [0.15, 0.2) is 18.2 Å². The molecule has 0 amide bonds. The first-order chi connectivity index (χ1) is 6.69. The van der Waals surface area contributed by atoms with E-state index < -0.39 is 12.1 Å². The summed E-state index contributed by atoms with van der Waals surface area (Å²) in [5.41, 5.74) is 0.205. The monoisotopic (exact) mass is 197 g/mol. The molecule has 0 saturated heterocycles. The Morgan fingerprint density at radius 3 is 2.79 bits per heavy atom. The largest absolute Gasteiger partial charge is 0.481 e. The number of hydrogen-bond donors (Lipinski definition) is 1. The molecule has 0 spiro atoms. The first-order valence-electron chi connectivity index (χ1n) is 3.96. The Kier molecular flexibility index (Phi) is 3.41. The molecule has 0 aliphatic heterocycles. The molecule has 1 rings (SSSR count). The van der Waals surface area contributed by atoms with Crippen molar-refractivity contribution in [3.63, 3.8) is 0 Å². The normalized spacial score (nSPS) is 11.9. The van der Waals surface area contributed by atoms with Crippen molar-refractivity contribution < 1.29 is 19.4 Å². The number of pyridine rings is 1. The molecule has 1 atom stereocenters. The SMILES string of the molecule is COC(=O)C(O)c1cccc(OC)n1. The molecule has 0 aliphatic carbocycles. The summed E-state index contributed by atoms with van der Waals surface area (Å²) in [6.07, 6.45) is -1.37. The number of aliphatic hydroxyl groups is 1. The third-order valence-corrected chi connectivity index (χ3v) is 1.66. The number of aliphatic hydroxyl groups excluding tert-OH is 1.